The Balaban J connectivity index is 1.45. The molecule has 0 aliphatic rings. The van der Waals surface area contributed by atoms with Gasteiger partial charge in [-0.05, 0) is 19.1 Å². The molecule has 0 saturated heterocycles. The molecule has 4 aromatic rings. The first-order chi connectivity index (χ1) is 12.3. The maximum absolute atomic E-state index is 4.60. The standard InChI is InChI=1S/C16H18N8S/c1-2-17-15(18-9-12-11-23-7-8-25-16(23)20-12)19-10-14-22-21-13-5-3-4-6-24(13)14/h3-8,11H,2,9-10H2,1H3,(H2,17,18,19). The maximum Gasteiger partial charge on any atom is 0.193 e. The molecule has 0 spiro atoms. The van der Waals surface area contributed by atoms with E-state index in [1.807, 2.05) is 57.9 Å². The Morgan fingerprint density at radius 2 is 2.20 bits per heavy atom. The van der Waals surface area contributed by atoms with E-state index in [0.29, 0.717) is 13.1 Å². The Labute approximate surface area is 148 Å². The predicted octanol–water partition coefficient (Wildman–Crippen LogP) is 1.69. The lowest BCUT2D eigenvalue weighted by atomic mass is 10.4. The topological polar surface area (TPSA) is 83.9 Å². The van der Waals surface area contributed by atoms with E-state index in [2.05, 4.69) is 30.8 Å². The summed E-state index contributed by atoms with van der Waals surface area (Å²) < 4.78 is 3.97. The molecule has 25 heavy (non-hydrogen) atoms. The fourth-order valence-electron chi connectivity index (χ4n) is 2.53. The van der Waals surface area contributed by atoms with Crippen LogP contribution in [0.3, 0.4) is 0 Å². The first kappa shape index (κ1) is 15.6. The quantitative estimate of drug-likeness (QED) is 0.421. The molecule has 0 fully saturated rings. The molecule has 4 rings (SSSR count). The van der Waals surface area contributed by atoms with Crippen molar-refractivity contribution in [2.24, 2.45) is 4.99 Å². The average Bonchev–Trinajstić information content (AvgIpc) is 3.32. The number of hydrogen-bond donors (Lipinski definition) is 2. The van der Waals surface area contributed by atoms with E-state index in [4.69, 9.17) is 0 Å². The molecule has 2 N–H and O–H groups in total. The van der Waals surface area contributed by atoms with Crippen molar-refractivity contribution < 1.29 is 0 Å². The van der Waals surface area contributed by atoms with Crippen molar-refractivity contribution in [3.63, 3.8) is 0 Å². The lowest BCUT2D eigenvalue weighted by Crippen LogP contribution is -2.37. The number of fused-ring (bicyclic) bond motifs is 2. The van der Waals surface area contributed by atoms with Gasteiger partial charge in [-0.3, -0.25) is 8.80 Å². The maximum atomic E-state index is 4.60. The Hall–Kier alpha value is -2.94. The molecular weight excluding hydrogens is 336 g/mol. The van der Waals surface area contributed by atoms with Crippen LogP contribution < -0.4 is 10.6 Å². The van der Waals surface area contributed by atoms with Crippen LogP contribution in [0.2, 0.25) is 0 Å². The largest absolute Gasteiger partial charge is 0.357 e. The normalized spacial score (nSPS) is 12.1. The molecule has 0 aromatic carbocycles. The van der Waals surface area contributed by atoms with Gasteiger partial charge in [-0.2, -0.15) is 0 Å². The van der Waals surface area contributed by atoms with Crippen molar-refractivity contribution in [2.75, 3.05) is 6.54 Å². The first-order valence-electron chi connectivity index (χ1n) is 8.05. The molecule has 0 radical (unpaired) electrons. The molecule has 9 heteroatoms. The van der Waals surface area contributed by atoms with Crippen molar-refractivity contribution in [3.05, 3.63) is 53.7 Å². The highest BCUT2D eigenvalue weighted by Crippen LogP contribution is 2.11. The van der Waals surface area contributed by atoms with Crippen LogP contribution in [0.1, 0.15) is 18.4 Å². The number of hydrogen-bond acceptors (Lipinski definition) is 5. The Bertz CT molecular complexity index is 983. The zero-order valence-corrected chi connectivity index (χ0v) is 14.6. The van der Waals surface area contributed by atoms with Gasteiger partial charge in [-0.15, -0.1) is 21.5 Å². The predicted molar refractivity (Wildman–Crippen MR) is 97.7 cm³/mol. The lowest BCUT2D eigenvalue weighted by Gasteiger charge is -2.10. The van der Waals surface area contributed by atoms with E-state index in [1.54, 1.807) is 11.3 Å². The van der Waals surface area contributed by atoms with Gasteiger partial charge in [0.25, 0.3) is 0 Å². The Morgan fingerprint density at radius 1 is 1.24 bits per heavy atom. The molecule has 0 unspecified atom stereocenters. The van der Waals surface area contributed by atoms with Crippen LogP contribution in [-0.2, 0) is 13.1 Å². The van der Waals surface area contributed by atoms with Gasteiger partial charge in [0.15, 0.2) is 22.4 Å². The highest BCUT2D eigenvalue weighted by molar-refractivity contribution is 7.15. The van der Waals surface area contributed by atoms with Gasteiger partial charge < -0.3 is 10.6 Å². The zero-order chi connectivity index (χ0) is 17.1. The van der Waals surface area contributed by atoms with E-state index in [0.717, 1.165) is 34.6 Å². The average molecular weight is 354 g/mol. The molecule has 0 aliphatic heterocycles. The molecule has 0 bridgehead atoms. The third-order valence-corrected chi connectivity index (χ3v) is 4.46. The number of guanidine groups is 1. The molecule has 8 nitrogen and oxygen atoms in total. The molecule has 0 saturated carbocycles. The molecular formula is C16H18N8S. The number of aliphatic imine (C=N–C) groups is 1. The van der Waals surface area contributed by atoms with E-state index in [9.17, 15) is 0 Å². The summed E-state index contributed by atoms with van der Waals surface area (Å²) in [6.45, 7) is 3.88. The van der Waals surface area contributed by atoms with Crippen molar-refractivity contribution in [1.29, 1.82) is 0 Å². The second-order valence-corrected chi connectivity index (χ2v) is 6.29. The van der Waals surface area contributed by atoms with Gasteiger partial charge >= 0.3 is 0 Å². The van der Waals surface area contributed by atoms with Crippen molar-refractivity contribution >= 4 is 27.9 Å². The molecule has 128 valence electrons. The fraction of sp³-hybridized carbons (Fsp3) is 0.250. The van der Waals surface area contributed by atoms with Crippen LogP contribution in [-0.4, -0.2) is 36.5 Å². The molecule has 4 aromatic heterocycles. The van der Waals surface area contributed by atoms with E-state index in [1.165, 1.54) is 0 Å². The van der Waals surface area contributed by atoms with Gasteiger partial charge in [0.2, 0.25) is 0 Å². The van der Waals surface area contributed by atoms with Gasteiger partial charge in [-0.1, -0.05) is 6.07 Å². The van der Waals surface area contributed by atoms with Crippen LogP contribution >= 0.6 is 11.3 Å². The number of nitrogens with zero attached hydrogens (tertiary/aromatic N) is 6. The molecule has 0 aliphatic carbocycles. The SMILES string of the molecule is CCNC(=NCc1cn2ccsc2n1)NCc1nnc2ccccn12. The number of thiazole rings is 1. The molecule has 0 amide bonds. The highest BCUT2D eigenvalue weighted by atomic mass is 32.1. The monoisotopic (exact) mass is 354 g/mol. The smallest absolute Gasteiger partial charge is 0.193 e. The second-order valence-electron chi connectivity index (χ2n) is 5.42. The summed E-state index contributed by atoms with van der Waals surface area (Å²) in [7, 11) is 0. The third-order valence-electron chi connectivity index (χ3n) is 3.68. The summed E-state index contributed by atoms with van der Waals surface area (Å²) in [5, 5.41) is 16.9. The van der Waals surface area contributed by atoms with Gasteiger partial charge in [0, 0.05) is 30.5 Å². The van der Waals surface area contributed by atoms with Gasteiger partial charge in [0.1, 0.15) is 0 Å². The van der Waals surface area contributed by atoms with E-state index >= 15 is 0 Å². The summed E-state index contributed by atoms with van der Waals surface area (Å²) in [6.07, 6.45) is 5.96. The minimum absolute atomic E-state index is 0.518. The number of aromatic nitrogens is 5. The highest BCUT2D eigenvalue weighted by Gasteiger charge is 2.06. The van der Waals surface area contributed by atoms with Crippen LogP contribution in [0.4, 0.5) is 0 Å². The number of rotatable bonds is 5. The van der Waals surface area contributed by atoms with Gasteiger partial charge in [0.05, 0.1) is 18.8 Å². The summed E-state index contributed by atoms with van der Waals surface area (Å²) >= 11 is 1.62. The first-order valence-corrected chi connectivity index (χ1v) is 8.93. The van der Waals surface area contributed by atoms with Crippen LogP contribution in [0, 0.1) is 0 Å². The number of pyridine rings is 1. The minimum Gasteiger partial charge on any atom is -0.357 e. The van der Waals surface area contributed by atoms with Crippen LogP contribution in [0.25, 0.3) is 10.6 Å². The minimum atomic E-state index is 0.518. The van der Waals surface area contributed by atoms with Crippen LogP contribution in [0.5, 0.6) is 0 Å². The molecule has 4 heterocycles. The Morgan fingerprint density at radius 3 is 3.08 bits per heavy atom. The van der Waals surface area contributed by atoms with Gasteiger partial charge in [-0.25, -0.2) is 9.98 Å². The number of nitrogens with one attached hydrogen (secondary N) is 2. The summed E-state index contributed by atoms with van der Waals surface area (Å²) in [5.74, 6) is 1.57. The van der Waals surface area contributed by atoms with E-state index < -0.39 is 0 Å². The third kappa shape index (κ3) is 3.31. The Kier molecular flexibility index (Phi) is 4.30. The van der Waals surface area contributed by atoms with Crippen molar-refractivity contribution in [2.45, 2.75) is 20.0 Å². The van der Waals surface area contributed by atoms with Crippen LogP contribution in [0.15, 0.2) is 47.2 Å². The van der Waals surface area contributed by atoms with E-state index in [-0.39, 0.29) is 0 Å². The fourth-order valence-corrected chi connectivity index (χ4v) is 3.25. The number of imidazole rings is 1. The molecule has 0 atom stereocenters. The second kappa shape index (κ2) is 6.89. The summed E-state index contributed by atoms with van der Waals surface area (Å²) in [4.78, 5) is 10.1. The zero-order valence-electron chi connectivity index (χ0n) is 13.8. The summed E-state index contributed by atoms with van der Waals surface area (Å²) in [6, 6.07) is 5.84. The van der Waals surface area contributed by atoms with Crippen molar-refractivity contribution in [3.8, 4) is 0 Å². The van der Waals surface area contributed by atoms with Crippen molar-refractivity contribution in [1.82, 2.24) is 34.6 Å². The lowest BCUT2D eigenvalue weighted by molar-refractivity contribution is 0.764. The summed E-state index contributed by atoms with van der Waals surface area (Å²) in [5.41, 5.74) is 1.77.